The number of ether oxygens (including phenoxy) is 1. The predicted octanol–water partition coefficient (Wildman–Crippen LogP) is 2.52. The molecule has 1 aliphatic rings. The number of ketones is 1. The molecule has 3 nitrogen and oxygen atoms in total. The van der Waals surface area contributed by atoms with Gasteiger partial charge in [-0.3, -0.25) is 4.79 Å². The first-order chi connectivity index (χ1) is 9.11. The van der Waals surface area contributed by atoms with Gasteiger partial charge in [-0.1, -0.05) is 6.07 Å². The fourth-order valence-electron chi connectivity index (χ4n) is 2.65. The largest absolute Gasteiger partial charge is 0.496 e. The van der Waals surface area contributed by atoms with Gasteiger partial charge in [-0.2, -0.15) is 0 Å². The zero-order chi connectivity index (χ0) is 13.8. The smallest absolute Gasteiger partial charge is 0.135 e. The molecular formula is C16H23NO2. The minimum absolute atomic E-state index is 0.410. The Hall–Kier alpha value is -1.35. The van der Waals surface area contributed by atoms with Crippen molar-refractivity contribution < 1.29 is 9.53 Å². The van der Waals surface area contributed by atoms with Crippen molar-refractivity contribution in [1.82, 2.24) is 4.90 Å². The van der Waals surface area contributed by atoms with Gasteiger partial charge in [0.2, 0.25) is 0 Å². The van der Waals surface area contributed by atoms with Crippen molar-refractivity contribution in [3.63, 3.8) is 0 Å². The zero-order valence-electron chi connectivity index (χ0n) is 12.2. The van der Waals surface area contributed by atoms with E-state index >= 15 is 0 Å². The van der Waals surface area contributed by atoms with Crippen molar-refractivity contribution in [2.45, 2.75) is 33.1 Å². The highest BCUT2D eigenvalue weighted by molar-refractivity contribution is 5.79. The van der Waals surface area contributed by atoms with E-state index < -0.39 is 0 Å². The Bertz CT molecular complexity index is 458. The number of hydrogen-bond acceptors (Lipinski definition) is 3. The number of likely N-dealkylation sites (tertiary alicyclic amines) is 1. The zero-order valence-corrected chi connectivity index (χ0v) is 12.2. The molecule has 0 bridgehead atoms. The lowest BCUT2D eigenvalue weighted by Gasteiger charge is -2.26. The molecule has 0 N–H and O–H groups in total. The highest BCUT2D eigenvalue weighted by Gasteiger charge is 2.16. The van der Waals surface area contributed by atoms with E-state index in [9.17, 15) is 4.79 Å². The topological polar surface area (TPSA) is 29.5 Å². The molecule has 19 heavy (non-hydrogen) atoms. The Kier molecular flexibility index (Phi) is 4.59. The van der Waals surface area contributed by atoms with Crippen molar-refractivity contribution in [1.29, 1.82) is 0 Å². The second kappa shape index (κ2) is 6.20. The van der Waals surface area contributed by atoms with Crippen molar-refractivity contribution >= 4 is 5.78 Å². The Labute approximate surface area is 115 Å². The molecule has 0 atom stereocenters. The number of rotatable bonds is 4. The van der Waals surface area contributed by atoms with Gasteiger partial charge in [0.05, 0.1) is 7.11 Å². The summed E-state index contributed by atoms with van der Waals surface area (Å²) in [6, 6.07) is 4.22. The molecular weight excluding hydrogens is 238 g/mol. The third kappa shape index (κ3) is 3.35. The highest BCUT2D eigenvalue weighted by Crippen LogP contribution is 2.24. The second-order valence-corrected chi connectivity index (χ2v) is 5.31. The number of piperidine rings is 1. The van der Waals surface area contributed by atoms with Crippen LogP contribution in [0.5, 0.6) is 5.75 Å². The van der Waals surface area contributed by atoms with E-state index in [-0.39, 0.29) is 0 Å². The van der Waals surface area contributed by atoms with Gasteiger partial charge in [0, 0.05) is 32.5 Å². The first-order valence-electron chi connectivity index (χ1n) is 6.99. The predicted molar refractivity (Wildman–Crippen MR) is 76.9 cm³/mol. The summed E-state index contributed by atoms with van der Waals surface area (Å²) in [6.45, 7) is 7.16. The molecule has 1 fully saturated rings. The summed E-state index contributed by atoms with van der Waals surface area (Å²) in [4.78, 5) is 13.6. The standard InChI is InChI=1S/C16H23NO2/c1-12-13(2)16(19-3)5-4-14(12)6-9-17-10-7-15(18)8-11-17/h4-5H,6-11H2,1-3H3. The molecule has 0 radical (unpaired) electrons. The molecule has 1 heterocycles. The Morgan fingerprint density at radius 3 is 2.47 bits per heavy atom. The molecule has 0 amide bonds. The van der Waals surface area contributed by atoms with Crippen LogP contribution in [0.4, 0.5) is 0 Å². The molecule has 0 unspecified atom stereocenters. The van der Waals surface area contributed by atoms with Gasteiger partial charge >= 0.3 is 0 Å². The van der Waals surface area contributed by atoms with Crippen molar-refractivity contribution in [2.75, 3.05) is 26.7 Å². The molecule has 2 rings (SSSR count). The Morgan fingerprint density at radius 1 is 1.16 bits per heavy atom. The minimum Gasteiger partial charge on any atom is -0.496 e. The van der Waals surface area contributed by atoms with Gasteiger partial charge in [0.15, 0.2) is 0 Å². The fourth-order valence-corrected chi connectivity index (χ4v) is 2.65. The maximum atomic E-state index is 11.2. The third-order valence-electron chi connectivity index (χ3n) is 4.18. The van der Waals surface area contributed by atoms with E-state index in [2.05, 4.69) is 30.9 Å². The summed E-state index contributed by atoms with van der Waals surface area (Å²) in [7, 11) is 1.71. The quantitative estimate of drug-likeness (QED) is 0.834. The average molecular weight is 261 g/mol. The summed E-state index contributed by atoms with van der Waals surface area (Å²) < 4.78 is 5.34. The van der Waals surface area contributed by atoms with Crippen LogP contribution in [0.3, 0.4) is 0 Å². The number of carbonyl (C=O) groups is 1. The van der Waals surface area contributed by atoms with Gasteiger partial charge in [-0.25, -0.2) is 0 Å². The van der Waals surface area contributed by atoms with Gasteiger partial charge in [-0.15, -0.1) is 0 Å². The summed E-state index contributed by atoms with van der Waals surface area (Å²) in [6.07, 6.45) is 2.49. The van der Waals surface area contributed by atoms with Crippen LogP contribution in [0.2, 0.25) is 0 Å². The lowest BCUT2D eigenvalue weighted by molar-refractivity contribution is -0.121. The second-order valence-electron chi connectivity index (χ2n) is 5.31. The van der Waals surface area contributed by atoms with Crippen LogP contribution in [0.25, 0.3) is 0 Å². The molecule has 0 aromatic heterocycles. The number of nitrogens with zero attached hydrogens (tertiary/aromatic N) is 1. The number of methoxy groups -OCH3 is 1. The van der Waals surface area contributed by atoms with Crippen LogP contribution in [-0.4, -0.2) is 37.4 Å². The van der Waals surface area contributed by atoms with Gasteiger partial charge in [-0.05, 0) is 43.0 Å². The number of hydrogen-bond donors (Lipinski definition) is 0. The van der Waals surface area contributed by atoms with Crippen LogP contribution in [0.15, 0.2) is 12.1 Å². The lowest BCUT2D eigenvalue weighted by Crippen LogP contribution is -2.35. The monoisotopic (exact) mass is 261 g/mol. The first-order valence-corrected chi connectivity index (χ1v) is 6.99. The van der Waals surface area contributed by atoms with Crippen molar-refractivity contribution in [3.05, 3.63) is 28.8 Å². The Balaban J connectivity index is 1.96. The fraction of sp³-hybridized carbons (Fsp3) is 0.562. The highest BCUT2D eigenvalue weighted by atomic mass is 16.5. The van der Waals surface area contributed by atoms with E-state index in [1.807, 2.05) is 0 Å². The van der Waals surface area contributed by atoms with Gasteiger partial charge in [0.1, 0.15) is 11.5 Å². The van der Waals surface area contributed by atoms with Crippen LogP contribution in [0, 0.1) is 13.8 Å². The maximum absolute atomic E-state index is 11.2. The maximum Gasteiger partial charge on any atom is 0.135 e. The van der Waals surface area contributed by atoms with Gasteiger partial charge in [0.25, 0.3) is 0 Å². The van der Waals surface area contributed by atoms with Crippen LogP contribution >= 0.6 is 0 Å². The molecule has 1 aromatic rings. The molecule has 3 heteroatoms. The molecule has 1 aliphatic heterocycles. The normalized spacial score (nSPS) is 16.7. The van der Waals surface area contributed by atoms with E-state index in [1.54, 1.807) is 7.11 Å². The van der Waals surface area contributed by atoms with Crippen molar-refractivity contribution in [3.8, 4) is 5.75 Å². The van der Waals surface area contributed by atoms with Crippen molar-refractivity contribution in [2.24, 2.45) is 0 Å². The van der Waals surface area contributed by atoms with E-state index in [4.69, 9.17) is 4.74 Å². The number of carbonyl (C=O) groups excluding carboxylic acids is 1. The Morgan fingerprint density at radius 2 is 1.84 bits per heavy atom. The van der Waals surface area contributed by atoms with Crippen LogP contribution < -0.4 is 4.74 Å². The number of Topliss-reactive ketones (excluding diaryl/α,β-unsaturated/α-hetero) is 1. The first kappa shape index (κ1) is 14.1. The molecule has 0 saturated carbocycles. The third-order valence-corrected chi connectivity index (χ3v) is 4.18. The molecule has 0 spiro atoms. The summed E-state index contributed by atoms with van der Waals surface area (Å²) in [5.74, 6) is 1.37. The molecule has 1 aromatic carbocycles. The molecule has 0 aliphatic carbocycles. The SMILES string of the molecule is COc1ccc(CCN2CCC(=O)CC2)c(C)c1C. The minimum atomic E-state index is 0.410. The summed E-state index contributed by atoms with van der Waals surface area (Å²) in [5, 5.41) is 0. The lowest BCUT2D eigenvalue weighted by atomic mass is 9.99. The summed E-state index contributed by atoms with van der Waals surface area (Å²) >= 11 is 0. The summed E-state index contributed by atoms with van der Waals surface area (Å²) in [5.41, 5.74) is 3.94. The average Bonchev–Trinajstić information content (AvgIpc) is 2.42. The van der Waals surface area contributed by atoms with Gasteiger partial charge < -0.3 is 9.64 Å². The molecule has 1 saturated heterocycles. The van der Waals surface area contributed by atoms with E-state index in [0.29, 0.717) is 5.78 Å². The van der Waals surface area contributed by atoms with Crippen LogP contribution in [-0.2, 0) is 11.2 Å². The van der Waals surface area contributed by atoms with Crippen LogP contribution in [0.1, 0.15) is 29.5 Å². The molecule has 104 valence electrons. The van der Waals surface area contributed by atoms with E-state index in [0.717, 1.165) is 44.6 Å². The van der Waals surface area contributed by atoms with E-state index in [1.165, 1.54) is 16.7 Å². The number of benzene rings is 1.